The molecule has 6 heteroatoms. The van der Waals surface area contributed by atoms with Gasteiger partial charge in [0.2, 0.25) is 0 Å². The Labute approximate surface area is 268 Å². The molecule has 2 unspecified atom stereocenters. The Morgan fingerprint density at radius 2 is 0.698 bits per heavy atom. The van der Waals surface area contributed by atoms with Crippen molar-refractivity contribution in [2.24, 2.45) is 0 Å². The number of likely N-dealkylation sites (tertiary alicyclic amines) is 6. The lowest BCUT2D eigenvalue weighted by atomic mass is 9.97. The highest BCUT2D eigenvalue weighted by molar-refractivity contribution is 4.95. The van der Waals surface area contributed by atoms with Crippen LogP contribution in [0.25, 0.3) is 0 Å². The van der Waals surface area contributed by atoms with Crippen molar-refractivity contribution >= 4 is 0 Å². The normalized spacial score (nSPS) is 30.1. The highest BCUT2D eigenvalue weighted by atomic mass is 15.3. The summed E-state index contributed by atoms with van der Waals surface area (Å²) in [6.45, 7) is 36.9. The zero-order valence-electron chi connectivity index (χ0n) is 30.5. The fourth-order valence-electron chi connectivity index (χ4n) is 8.32. The van der Waals surface area contributed by atoms with E-state index in [1.807, 2.05) is 0 Å². The molecule has 6 saturated heterocycles. The van der Waals surface area contributed by atoms with Crippen LogP contribution in [0.1, 0.15) is 127 Å². The largest absolute Gasteiger partial charge is 0.300 e. The van der Waals surface area contributed by atoms with Gasteiger partial charge in [0, 0.05) is 67.5 Å². The number of nitrogens with zero attached hydrogens (tertiary/aromatic N) is 6. The summed E-state index contributed by atoms with van der Waals surface area (Å²) in [5.41, 5.74) is 1.12. The minimum Gasteiger partial charge on any atom is -0.300 e. The van der Waals surface area contributed by atoms with E-state index in [9.17, 15) is 0 Å². The lowest BCUT2D eigenvalue weighted by Gasteiger charge is -2.50. The first-order valence-corrected chi connectivity index (χ1v) is 18.7. The molecule has 0 aromatic heterocycles. The third kappa shape index (κ3) is 10.6. The van der Waals surface area contributed by atoms with Crippen LogP contribution < -0.4 is 0 Å². The second-order valence-electron chi connectivity index (χ2n) is 17.8. The standard InChI is InChI=1S/C14H28N2.C12H24N2.C11H22N2/c1-14(2,3)16-11-6-7-13(8-12-16)15-9-4-5-10-15;1-12(2,3)14-9-6-11(10-14)13-7-4-5-8-13;1-11(2,3)13-8-10(9-13)12-6-4-5-7-12/h13H,4-12H2,1-3H3;11H,4-10H2,1-3H3;10H,4-9H2,1-3H3. The quantitative estimate of drug-likeness (QED) is 0.377. The molecule has 0 amide bonds. The zero-order valence-corrected chi connectivity index (χ0v) is 30.5. The predicted molar refractivity (Wildman–Crippen MR) is 186 cm³/mol. The average molecular weight is 603 g/mol. The summed E-state index contributed by atoms with van der Waals surface area (Å²) in [4.78, 5) is 16.0. The van der Waals surface area contributed by atoms with E-state index in [2.05, 4.69) is 91.7 Å². The number of hydrogen-bond acceptors (Lipinski definition) is 6. The van der Waals surface area contributed by atoms with Crippen LogP contribution in [0.3, 0.4) is 0 Å². The molecule has 2 atom stereocenters. The van der Waals surface area contributed by atoms with Crippen LogP contribution >= 0.6 is 0 Å². The highest BCUT2D eigenvalue weighted by Crippen LogP contribution is 2.28. The van der Waals surface area contributed by atoms with Gasteiger partial charge in [0.05, 0.1) is 0 Å². The maximum Gasteiger partial charge on any atom is 0.0350 e. The van der Waals surface area contributed by atoms with E-state index in [0.717, 1.165) is 18.1 Å². The molecule has 0 aromatic carbocycles. The Hall–Kier alpha value is -0.240. The van der Waals surface area contributed by atoms with Gasteiger partial charge in [-0.25, -0.2) is 0 Å². The smallest absolute Gasteiger partial charge is 0.0350 e. The first kappa shape index (κ1) is 35.6. The van der Waals surface area contributed by atoms with E-state index >= 15 is 0 Å². The molecule has 6 rings (SSSR count). The summed E-state index contributed by atoms with van der Waals surface area (Å²) in [6.07, 6.45) is 14.1. The van der Waals surface area contributed by atoms with E-state index < -0.39 is 0 Å². The Kier molecular flexibility index (Phi) is 12.9. The number of hydrogen-bond donors (Lipinski definition) is 0. The second-order valence-corrected chi connectivity index (χ2v) is 17.8. The zero-order chi connectivity index (χ0) is 31.3. The van der Waals surface area contributed by atoms with Crippen LogP contribution in [0.5, 0.6) is 0 Å². The molecule has 6 nitrogen and oxygen atoms in total. The maximum absolute atomic E-state index is 2.74. The van der Waals surface area contributed by atoms with Crippen LogP contribution in [-0.2, 0) is 0 Å². The fourth-order valence-corrected chi connectivity index (χ4v) is 8.32. The molecule has 43 heavy (non-hydrogen) atoms. The van der Waals surface area contributed by atoms with Crippen LogP contribution in [0.4, 0.5) is 0 Å². The van der Waals surface area contributed by atoms with Crippen molar-refractivity contribution in [2.75, 3.05) is 78.5 Å². The van der Waals surface area contributed by atoms with E-state index in [1.54, 1.807) is 0 Å². The molecule has 0 aromatic rings. The van der Waals surface area contributed by atoms with Crippen molar-refractivity contribution in [3.8, 4) is 0 Å². The molecule has 6 aliphatic rings. The first-order valence-electron chi connectivity index (χ1n) is 18.7. The molecule has 0 aliphatic carbocycles. The second kappa shape index (κ2) is 15.6. The molecule has 0 radical (unpaired) electrons. The molecular formula is C37H74N6. The van der Waals surface area contributed by atoms with Crippen LogP contribution in [-0.4, -0.2) is 143 Å². The molecule has 6 heterocycles. The van der Waals surface area contributed by atoms with Crippen LogP contribution in [0, 0.1) is 0 Å². The van der Waals surface area contributed by atoms with Crippen LogP contribution in [0.15, 0.2) is 0 Å². The van der Waals surface area contributed by atoms with Gasteiger partial charge < -0.3 is 4.90 Å². The number of rotatable bonds is 3. The van der Waals surface area contributed by atoms with E-state index in [4.69, 9.17) is 0 Å². The summed E-state index contributed by atoms with van der Waals surface area (Å²) >= 11 is 0. The maximum atomic E-state index is 2.74. The average Bonchev–Trinajstić information content (AvgIpc) is 3.69. The monoisotopic (exact) mass is 603 g/mol. The van der Waals surface area contributed by atoms with Gasteiger partial charge in [-0.15, -0.1) is 0 Å². The third-order valence-corrected chi connectivity index (χ3v) is 11.5. The van der Waals surface area contributed by atoms with Gasteiger partial charge in [0.15, 0.2) is 0 Å². The Bertz CT molecular complexity index is 785. The molecule has 252 valence electrons. The van der Waals surface area contributed by atoms with Crippen LogP contribution in [0.2, 0.25) is 0 Å². The molecule has 0 spiro atoms. The lowest BCUT2D eigenvalue weighted by Crippen LogP contribution is -2.64. The van der Waals surface area contributed by atoms with E-state index in [1.165, 1.54) is 143 Å². The summed E-state index contributed by atoms with van der Waals surface area (Å²) in [7, 11) is 0. The highest BCUT2D eigenvalue weighted by Gasteiger charge is 2.38. The van der Waals surface area contributed by atoms with Crippen molar-refractivity contribution in [3.05, 3.63) is 0 Å². The van der Waals surface area contributed by atoms with Crippen molar-refractivity contribution in [3.63, 3.8) is 0 Å². The van der Waals surface area contributed by atoms with Gasteiger partial charge in [-0.1, -0.05) is 0 Å². The van der Waals surface area contributed by atoms with Gasteiger partial charge in [0.1, 0.15) is 0 Å². The van der Waals surface area contributed by atoms with Gasteiger partial charge in [-0.3, -0.25) is 24.5 Å². The summed E-state index contributed by atoms with van der Waals surface area (Å²) in [5.74, 6) is 0. The van der Waals surface area contributed by atoms with E-state index in [0.29, 0.717) is 16.6 Å². The first-order chi connectivity index (χ1) is 20.2. The molecular weight excluding hydrogens is 528 g/mol. The third-order valence-electron chi connectivity index (χ3n) is 11.5. The Morgan fingerprint density at radius 3 is 1.14 bits per heavy atom. The van der Waals surface area contributed by atoms with Crippen molar-refractivity contribution < 1.29 is 0 Å². The predicted octanol–water partition coefficient (Wildman–Crippen LogP) is 6.26. The fraction of sp³-hybridized carbons (Fsp3) is 1.00. The van der Waals surface area contributed by atoms with Gasteiger partial charge in [0.25, 0.3) is 0 Å². The summed E-state index contributed by atoms with van der Waals surface area (Å²) < 4.78 is 0. The Morgan fingerprint density at radius 1 is 0.326 bits per heavy atom. The topological polar surface area (TPSA) is 19.4 Å². The summed E-state index contributed by atoms with van der Waals surface area (Å²) in [6, 6.07) is 2.62. The molecule has 6 aliphatic heterocycles. The summed E-state index contributed by atoms with van der Waals surface area (Å²) in [5, 5.41) is 0. The molecule has 0 bridgehead atoms. The van der Waals surface area contributed by atoms with Gasteiger partial charge in [-0.05, 0) is 172 Å². The minimum absolute atomic E-state index is 0.361. The van der Waals surface area contributed by atoms with Gasteiger partial charge in [-0.2, -0.15) is 0 Å². The van der Waals surface area contributed by atoms with Gasteiger partial charge >= 0.3 is 0 Å². The van der Waals surface area contributed by atoms with Crippen molar-refractivity contribution in [1.29, 1.82) is 0 Å². The SMILES string of the molecule is CC(C)(C)N1CC(N2CCCC2)C1.CC(C)(C)N1CCC(N2CCCC2)C1.CC(C)(C)N1CCCC(N2CCCC2)CC1. The lowest BCUT2D eigenvalue weighted by molar-refractivity contribution is -0.0135. The van der Waals surface area contributed by atoms with E-state index in [-0.39, 0.29) is 0 Å². The Balaban J connectivity index is 0.000000148. The minimum atomic E-state index is 0.361. The van der Waals surface area contributed by atoms with Crippen molar-refractivity contribution in [1.82, 2.24) is 29.4 Å². The molecule has 6 fully saturated rings. The molecule has 0 N–H and O–H groups in total. The molecule has 0 saturated carbocycles. The van der Waals surface area contributed by atoms with Crippen molar-refractivity contribution in [2.45, 2.75) is 161 Å².